The summed E-state index contributed by atoms with van der Waals surface area (Å²) in [5.74, 6) is -0.282. The topological polar surface area (TPSA) is 65.3 Å². The van der Waals surface area contributed by atoms with Crippen molar-refractivity contribution in [3.05, 3.63) is 0 Å². The van der Waals surface area contributed by atoms with E-state index in [0.29, 0.717) is 25.2 Å². The van der Waals surface area contributed by atoms with E-state index in [2.05, 4.69) is 9.98 Å². The highest BCUT2D eigenvalue weighted by Crippen LogP contribution is 2.34. The van der Waals surface area contributed by atoms with Crippen LogP contribution in [0.5, 0.6) is 0 Å². The highest BCUT2D eigenvalue weighted by atomic mass is 16.2. The maximum atomic E-state index is 12.6. The number of carbonyl (C=O) groups excluding carboxylic acids is 2. The zero-order valence-electron chi connectivity index (χ0n) is 12.4. The third-order valence-electron chi connectivity index (χ3n) is 3.69. The van der Waals surface area contributed by atoms with Gasteiger partial charge in [0.1, 0.15) is 6.34 Å². The summed E-state index contributed by atoms with van der Waals surface area (Å²) < 4.78 is 0. The minimum absolute atomic E-state index is 0.231. The Morgan fingerprint density at radius 1 is 1.10 bits per heavy atom. The Labute approximate surface area is 119 Å². The highest BCUT2D eigenvalue weighted by molar-refractivity contribution is 6.48. The lowest BCUT2D eigenvalue weighted by atomic mass is 9.93. The van der Waals surface area contributed by atoms with Gasteiger partial charge < -0.3 is 0 Å². The SMILES string of the molecule is CCCN1C(=O)C2=NC=NC2(CCC)N(CCC)C1=O. The zero-order chi connectivity index (χ0) is 14.8. The van der Waals surface area contributed by atoms with Crippen LogP contribution >= 0.6 is 0 Å². The van der Waals surface area contributed by atoms with Gasteiger partial charge in [0.05, 0.1) is 0 Å². The van der Waals surface area contributed by atoms with E-state index in [4.69, 9.17) is 0 Å². The molecule has 0 aromatic carbocycles. The van der Waals surface area contributed by atoms with Crippen molar-refractivity contribution in [1.82, 2.24) is 9.80 Å². The summed E-state index contributed by atoms with van der Waals surface area (Å²) in [7, 11) is 0. The average molecular weight is 278 g/mol. The summed E-state index contributed by atoms with van der Waals surface area (Å²) in [6.07, 6.45) is 4.47. The molecular formula is C14H22N4O2. The van der Waals surface area contributed by atoms with Crippen LogP contribution < -0.4 is 0 Å². The molecule has 1 saturated heterocycles. The molecule has 1 atom stereocenters. The van der Waals surface area contributed by atoms with Crippen LogP contribution in [-0.4, -0.2) is 52.5 Å². The first-order valence-electron chi connectivity index (χ1n) is 7.37. The number of nitrogens with zero attached hydrogens (tertiary/aromatic N) is 4. The van der Waals surface area contributed by atoms with E-state index in [-0.39, 0.29) is 11.9 Å². The van der Waals surface area contributed by atoms with Gasteiger partial charge in [-0.15, -0.1) is 0 Å². The van der Waals surface area contributed by atoms with Gasteiger partial charge in [0.25, 0.3) is 5.91 Å². The first kappa shape index (κ1) is 14.7. The second-order valence-electron chi connectivity index (χ2n) is 5.18. The van der Waals surface area contributed by atoms with Crippen LogP contribution in [-0.2, 0) is 4.79 Å². The van der Waals surface area contributed by atoms with Gasteiger partial charge in [-0.1, -0.05) is 27.2 Å². The van der Waals surface area contributed by atoms with Crippen LogP contribution in [0.15, 0.2) is 9.98 Å². The molecule has 1 fully saturated rings. The van der Waals surface area contributed by atoms with Crippen molar-refractivity contribution in [3.8, 4) is 0 Å². The fourth-order valence-electron chi connectivity index (χ4n) is 2.88. The molecule has 0 radical (unpaired) electrons. The lowest BCUT2D eigenvalue weighted by Crippen LogP contribution is -2.68. The second kappa shape index (κ2) is 5.73. The molecule has 2 rings (SSSR count). The Morgan fingerprint density at radius 2 is 1.80 bits per heavy atom. The number of hydrogen-bond donors (Lipinski definition) is 0. The van der Waals surface area contributed by atoms with Crippen molar-refractivity contribution in [2.45, 2.75) is 52.1 Å². The fourth-order valence-corrected chi connectivity index (χ4v) is 2.88. The van der Waals surface area contributed by atoms with Crippen molar-refractivity contribution in [3.63, 3.8) is 0 Å². The lowest BCUT2D eigenvalue weighted by molar-refractivity contribution is -0.124. The molecule has 0 spiro atoms. The normalized spacial score (nSPS) is 25.2. The number of urea groups is 1. The second-order valence-corrected chi connectivity index (χ2v) is 5.18. The van der Waals surface area contributed by atoms with E-state index in [1.165, 1.54) is 11.2 Å². The molecule has 2 heterocycles. The molecule has 0 aromatic rings. The number of rotatable bonds is 6. The number of carbonyl (C=O) groups is 2. The van der Waals surface area contributed by atoms with Crippen LogP contribution in [0, 0.1) is 0 Å². The summed E-state index contributed by atoms with van der Waals surface area (Å²) in [5.41, 5.74) is -0.454. The van der Waals surface area contributed by atoms with Crippen LogP contribution in [0.2, 0.25) is 0 Å². The smallest absolute Gasteiger partial charge is 0.294 e. The standard InChI is InChI=1S/C14H22N4O2/c1-4-7-14-11(15-10-16-14)12(19)17(8-5-2)13(20)18(14)9-6-3/h10H,4-9H2,1-3H3. The van der Waals surface area contributed by atoms with Gasteiger partial charge in [0, 0.05) is 13.1 Å². The number of imide groups is 1. The van der Waals surface area contributed by atoms with Gasteiger partial charge in [-0.05, 0) is 19.3 Å². The molecule has 3 amide bonds. The van der Waals surface area contributed by atoms with Gasteiger partial charge in [0.2, 0.25) is 0 Å². The van der Waals surface area contributed by atoms with Gasteiger partial charge in [-0.2, -0.15) is 0 Å². The first-order valence-corrected chi connectivity index (χ1v) is 7.37. The van der Waals surface area contributed by atoms with Crippen LogP contribution in [0.3, 0.4) is 0 Å². The molecule has 20 heavy (non-hydrogen) atoms. The fraction of sp³-hybridized carbons (Fsp3) is 0.714. The van der Waals surface area contributed by atoms with Crippen LogP contribution in [0.4, 0.5) is 4.79 Å². The first-order chi connectivity index (χ1) is 9.62. The summed E-state index contributed by atoms with van der Waals surface area (Å²) in [5, 5.41) is 0. The molecule has 6 heteroatoms. The van der Waals surface area contributed by atoms with Gasteiger partial charge >= 0.3 is 6.03 Å². The van der Waals surface area contributed by atoms with Gasteiger partial charge in [-0.3, -0.25) is 14.6 Å². The van der Waals surface area contributed by atoms with Gasteiger partial charge in [0.15, 0.2) is 11.4 Å². The maximum absolute atomic E-state index is 12.6. The average Bonchev–Trinajstić information content (AvgIpc) is 2.85. The zero-order valence-corrected chi connectivity index (χ0v) is 12.4. The Bertz CT molecular complexity index is 472. The van der Waals surface area contributed by atoms with E-state index >= 15 is 0 Å². The minimum atomic E-state index is -0.858. The van der Waals surface area contributed by atoms with E-state index < -0.39 is 5.66 Å². The van der Waals surface area contributed by atoms with E-state index in [1.54, 1.807) is 4.90 Å². The molecule has 6 nitrogen and oxygen atoms in total. The third kappa shape index (κ3) is 2.03. The monoisotopic (exact) mass is 278 g/mol. The molecule has 0 aliphatic carbocycles. The van der Waals surface area contributed by atoms with Gasteiger partial charge in [-0.25, -0.2) is 14.8 Å². The van der Waals surface area contributed by atoms with Crippen molar-refractivity contribution in [2.75, 3.05) is 13.1 Å². The number of amides is 3. The molecular weight excluding hydrogens is 256 g/mol. The molecule has 0 aromatic heterocycles. The largest absolute Gasteiger partial charge is 0.329 e. The number of fused-ring (bicyclic) bond motifs is 1. The summed E-state index contributed by atoms with van der Waals surface area (Å²) >= 11 is 0. The number of hydrogen-bond acceptors (Lipinski definition) is 4. The molecule has 2 aliphatic rings. The Kier molecular flexibility index (Phi) is 4.20. The predicted molar refractivity (Wildman–Crippen MR) is 78.0 cm³/mol. The van der Waals surface area contributed by atoms with Crippen molar-refractivity contribution < 1.29 is 9.59 Å². The van der Waals surface area contributed by atoms with Crippen LogP contribution in [0.1, 0.15) is 46.5 Å². The van der Waals surface area contributed by atoms with Crippen molar-refractivity contribution in [1.29, 1.82) is 0 Å². The Hall–Kier alpha value is -1.72. The molecule has 110 valence electrons. The van der Waals surface area contributed by atoms with Crippen LogP contribution in [0.25, 0.3) is 0 Å². The Balaban J connectivity index is 2.44. The third-order valence-corrected chi connectivity index (χ3v) is 3.69. The predicted octanol–water partition coefficient (Wildman–Crippen LogP) is 2.05. The van der Waals surface area contributed by atoms with E-state index in [9.17, 15) is 9.59 Å². The molecule has 0 N–H and O–H groups in total. The quantitative estimate of drug-likeness (QED) is 0.746. The minimum Gasteiger partial charge on any atom is -0.294 e. The molecule has 0 bridgehead atoms. The van der Waals surface area contributed by atoms with E-state index in [1.807, 2.05) is 20.8 Å². The molecule has 1 unspecified atom stereocenters. The van der Waals surface area contributed by atoms with Crippen molar-refractivity contribution in [2.24, 2.45) is 9.98 Å². The van der Waals surface area contributed by atoms with E-state index in [0.717, 1.165) is 19.3 Å². The Morgan fingerprint density at radius 3 is 2.40 bits per heavy atom. The van der Waals surface area contributed by atoms with Crippen molar-refractivity contribution >= 4 is 24.0 Å². The maximum Gasteiger partial charge on any atom is 0.329 e. The lowest BCUT2D eigenvalue weighted by Gasteiger charge is -2.45. The molecule has 0 saturated carbocycles. The summed E-state index contributed by atoms with van der Waals surface area (Å²) in [6, 6.07) is -0.231. The highest BCUT2D eigenvalue weighted by Gasteiger charge is 2.55. The molecule has 2 aliphatic heterocycles. The number of aliphatic imine (C=N–C) groups is 2. The summed E-state index contributed by atoms with van der Waals surface area (Å²) in [4.78, 5) is 36.7. The summed E-state index contributed by atoms with van der Waals surface area (Å²) in [6.45, 7) is 7.01.